The Morgan fingerprint density at radius 1 is 0.564 bits per heavy atom. The third-order valence-electron chi connectivity index (χ3n) is 8.42. The minimum Gasteiger partial charge on any atom is -0.454 e. The minimum atomic E-state index is 0.143. The van der Waals surface area contributed by atoms with Crippen molar-refractivity contribution < 1.29 is 4.42 Å². The SMILES string of the molecule is CC1(C)CC(C)(C)c2cc(-c3cc(N(c4ccccc4)c4ccccc4)c4oc5ccccc5c4c3)ccc21. The van der Waals surface area contributed by atoms with E-state index in [1.54, 1.807) is 0 Å². The lowest BCUT2D eigenvalue weighted by atomic mass is 9.82. The number of fused-ring (bicyclic) bond motifs is 4. The smallest absolute Gasteiger partial charge is 0.159 e. The van der Waals surface area contributed by atoms with Crippen molar-refractivity contribution in [1.82, 2.24) is 0 Å². The van der Waals surface area contributed by atoms with Gasteiger partial charge in [-0.05, 0) is 82.0 Å². The summed E-state index contributed by atoms with van der Waals surface area (Å²) in [5, 5.41) is 2.27. The predicted molar refractivity (Wildman–Crippen MR) is 165 cm³/mol. The van der Waals surface area contributed by atoms with Gasteiger partial charge in [0.15, 0.2) is 5.58 Å². The molecule has 2 heteroatoms. The average molecular weight is 508 g/mol. The highest BCUT2D eigenvalue weighted by Gasteiger charge is 2.41. The molecule has 0 atom stereocenters. The van der Waals surface area contributed by atoms with E-state index in [1.807, 2.05) is 6.07 Å². The first-order chi connectivity index (χ1) is 18.8. The van der Waals surface area contributed by atoms with Crippen molar-refractivity contribution in [2.24, 2.45) is 0 Å². The van der Waals surface area contributed by atoms with E-state index in [9.17, 15) is 0 Å². The first-order valence-electron chi connectivity index (χ1n) is 13.8. The summed E-state index contributed by atoms with van der Waals surface area (Å²) in [5.74, 6) is 0. The Morgan fingerprint density at radius 2 is 1.18 bits per heavy atom. The first kappa shape index (κ1) is 23.8. The minimum absolute atomic E-state index is 0.143. The summed E-state index contributed by atoms with van der Waals surface area (Å²) in [7, 11) is 0. The lowest BCUT2D eigenvalue weighted by Crippen LogP contribution is -2.17. The van der Waals surface area contributed by atoms with Gasteiger partial charge in [0.05, 0.1) is 5.69 Å². The van der Waals surface area contributed by atoms with E-state index in [0.717, 1.165) is 45.4 Å². The normalized spacial score (nSPS) is 15.5. The van der Waals surface area contributed by atoms with Crippen LogP contribution >= 0.6 is 0 Å². The average Bonchev–Trinajstić information content (AvgIpc) is 3.41. The lowest BCUT2D eigenvalue weighted by Gasteiger charge is -2.26. The molecule has 0 saturated heterocycles. The summed E-state index contributed by atoms with van der Waals surface area (Å²) in [4.78, 5) is 2.31. The molecular weight excluding hydrogens is 474 g/mol. The van der Waals surface area contributed by atoms with Crippen molar-refractivity contribution in [3.05, 3.63) is 126 Å². The summed E-state index contributed by atoms with van der Waals surface area (Å²) in [6.07, 6.45) is 1.16. The molecule has 1 aliphatic rings. The van der Waals surface area contributed by atoms with Crippen molar-refractivity contribution in [2.75, 3.05) is 4.90 Å². The monoisotopic (exact) mass is 507 g/mol. The highest BCUT2D eigenvalue weighted by Crippen LogP contribution is 2.51. The molecule has 0 aliphatic heterocycles. The van der Waals surface area contributed by atoms with Gasteiger partial charge in [-0.1, -0.05) is 100 Å². The number of hydrogen-bond acceptors (Lipinski definition) is 2. The van der Waals surface area contributed by atoms with Gasteiger partial charge in [-0.2, -0.15) is 0 Å². The Kier molecular flexibility index (Phi) is 5.25. The standard InChI is InChI=1S/C37H33NO/c1-36(2)24-37(3,4)32-22-25(19-20-31(32)36)26-21-30-29-17-11-12-18-34(29)39-35(30)33(23-26)38(27-13-7-5-8-14-27)28-15-9-6-10-16-28/h5-23H,24H2,1-4H3. The number of para-hydroxylation sites is 3. The topological polar surface area (TPSA) is 16.4 Å². The highest BCUT2D eigenvalue weighted by atomic mass is 16.3. The number of benzene rings is 5. The molecule has 1 aliphatic carbocycles. The predicted octanol–water partition coefficient (Wildman–Crippen LogP) is 10.7. The van der Waals surface area contributed by atoms with Gasteiger partial charge in [0.2, 0.25) is 0 Å². The first-order valence-corrected chi connectivity index (χ1v) is 13.8. The van der Waals surface area contributed by atoms with E-state index in [0.29, 0.717) is 0 Å². The molecule has 6 aromatic rings. The fourth-order valence-corrected chi connectivity index (χ4v) is 6.89. The molecule has 0 bridgehead atoms. The fraction of sp³-hybridized carbons (Fsp3) is 0.189. The van der Waals surface area contributed by atoms with E-state index in [-0.39, 0.29) is 10.8 Å². The van der Waals surface area contributed by atoms with Crippen LogP contribution in [0.25, 0.3) is 33.1 Å². The largest absolute Gasteiger partial charge is 0.454 e. The Hall–Kier alpha value is -4.30. The quantitative estimate of drug-likeness (QED) is 0.236. The zero-order valence-electron chi connectivity index (χ0n) is 23.0. The highest BCUT2D eigenvalue weighted by molar-refractivity contribution is 6.12. The third kappa shape index (κ3) is 3.86. The van der Waals surface area contributed by atoms with Gasteiger partial charge >= 0.3 is 0 Å². The molecule has 0 unspecified atom stereocenters. The Bertz CT molecular complexity index is 1790. The molecule has 1 aromatic heterocycles. The Morgan fingerprint density at radius 3 is 1.87 bits per heavy atom. The van der Waals surface area contributed by atoms with Crippen LogP contribution in [0.5, 0.6) is 0 Å². The molecule has 0 spiro atoms. The van der Waals surface area contributed by atoms with Gasteiger partial charge in [-0.15, -0.1) is 0 Å². The molecule has 0 N–H and O–H groups in total. The molecule has 1 heterocycles. The van der Waals surface area contributed by atoms with E-state index in [1.165, 1.54) is 22.3 Å². The van der Waals surface area contributed by atoms with Crippen LogP contribution in [0.2, 0.25) is 0 Å². The zero-order chi connectivity index (χ0) is 26.8. The number of anilines is 3. The van der Waals surface area contributed by atoms with Gasteiger partial charge in [0, 0.05) is 22.1 Å². The van der Waals surface area contributed by atoms with Crippen molar-refractivity contribution in [1.29, 1.82) is 0 Å². The van der Waals surface area contributed by atoms with Crippen LogP contribution in [0, 0.1) is 0 Å². The molecule has 5 aromatic carbocycles. The zero-order valence-corrected chi connectivity index (χ0v) is 23.0. The fourth-order valence-electron chi connectivity index (χ4n) is 6.89. The second-order valence-electron chi connectivity index (χ2n) is 12.2. The molecule has 0 amide bonds. The molecule has 39 heavy (non-hydrogen) atoms. The molecule has 0 radical (unpaired) electrons. The lowest BCUT2D eigenvalue weighted by molar-refractivity contribution is 0.403. The maximum atomic E-state index is 6.59. The van der Waals surface area contributed by atoms with Crippen LogP contribution in [0.4, 0.5) is 17.1 Å². The van der Waals surface area contributed by atoms with E-state index >= 15 is 0 Å². The second-order valence-corrected chi connectivity index (χ2v) is 12.2. The van der Waals surface area contributed by atoms with Crippen molar-refractivity contribution in [3.63, 3.8) is 0 Å². The summed E-state index contributed by atoms with van der Waals surface area (Å²) < 4.78 is 6.59. The summed E-state index contributed by atoms with van der Waals surface area (Å²) >= 11 is 0. The molecule has 0 saturated carbocycles. The molecule has 192 valence electrons. The van der Waals surface area contributed by atoms with Crippen LogP contribution in [-0.4, -0.2) is 0 Å². The van der Waals surface area contributed by atoms with Crippen LogP contribution in [0.15, 0.2) is 120 Å². The number of nitrogens with zero attached hydrogens (tertiary/aromatic N) is 1. The van der Waals surface area contributed by atoms with Crippen molar-refractivity contribution >= 4 is 39.0 Å². The van der Waals surface area contributed by atoms with E-state index in [4.69, 9.17) is 4.42 Å². The van der Waals surface area contributed by atoms with E-state index < -0.39 is 0 Å². The maximum absolute atomic E-state index is 6.59. The Labute approximate surface area is 230 Å². The van der Waals surface area contributed by atoms with Crippen LogP contribution in [-0.2, 0) is 10.8 Å². The van der Waals surface area contributed by atoms with Gasteiger partial charge in [-0.25, -0.2) is 0 Å². The summed E-state index contributed by atoms with van der Waals surface area (Å²) in [5.41, 5.74) is 10.7. The van der Waals surface area contributed by atoms with Crippen LogP contribution in [0.1, 0.15) is 45.2 Å². The Balaban J connectivity index is 1.53. The number of rotatable bonds is 4. The molecule has 0 fully saturated rings. The number of hydrogen-bond donors (Lipinski definition) is 0. The molecule has 2 nitrogen and oxygen atoms in total. The van der Waals surface area contributed by atoms with Gasteiger partial charge < -0.3 is 9.32 Å². The van der Waals surface area contributed by atoms with Crippen LogP contribution < -0.4 is 4.90 Å². The van der Waals surface area contributed by atoms with Gasteiger partial charge in [0.25, 0.3) is 0 Å². The van der Waals surface area contributed by atoms with Gasteiger partial charge in [-0.3, -0.25) is 0 Å². The van der Waals surface area contributed by atoms with Crippen molar-refractivity contribution in [2.45, 2.75) is 44.9 Å². The maximum Gasteiger partial charge on any atom is 0.159 e. The third-order valence-corrected chi connectivity index (χ3v) is 8.42. The molecular formula is C37H33NO. The van der Waals surface area contributed by atoms with E-state index in [2.05, 4.69) is 142 Å². The van der Waals surface area contributed by atoms with Crippen LogP contribution in [0.3, 0.4) is 0 Å². The molecule has 7 rings (SSSR count). The summed E-state index contributed by atoms with van der Waals surface area (Å²) in [6, 6.07) is 41.2. The van der Waals surface area contributed by atoms with Crippen molar-refractivity contribution in [3.8, 4) is 11.1 Å². The second kappa shape index (κ2) is 8.61. The number of furan rings is 1. The summed E-state index contributed by atoms with van der Waals surface area (Å²) in [6.45, 7) is 9.52. The van der Waals surface area contributed by atoms with Gasteiger partial charge in [0.1, 0.15) is 5.58 Å².